The summed E-state index contributed by atoms with van der Waals surface area (Å²) in [5.74, 6) is -0.468. The van der Waals surface area contributed by atoms with Crippen LogP contribution in [0.15, 0.2) is 18.2 Å². The molecule has 0 aromatic heterocycles. The molecule has 130 valence electrons. The van der Waals surface area contributed by atoms with Crippen LogP contribution in [0, 0.1) is 0 Å². The Kier molecular flexibility index (Phi) is 5.95. The molecule has 1 unspecified atom stereocenters. The smallest absolute Gasteiger partial charge is 0.310 e. The van der Waals surface area contributed by atoms with Gasteiger partial charge in [0.25, 0.3) is 0 Å². The quantitative estimate of drug-likeness (QED) is 0.544. The highest BCUT2D eigenvalue weighted by molar-refractivity contribution is 7.54. The molecule has 1 aromatic rings. The molecule has 0 amide bonds. The third kappa shape index (κ3) is 5.23. The van der Waals surface area contributed by atoms with Crippen LogP contribution in [0.4, 0.5) is 4.53 Å². The van der Waals surface area contributed by atoms with Crippen LogP contribution in [-0.2, 0) is 24.6 Å². The van der Waals surface area contributed by atoms with Gasteiger partial charge in [0.1, 0.15) is 6.16 Å². The Balaban J connectivity index is 3.36. The fourth-order valence-electron chi connectivity index (χ4n) is 2.04. The van der Waals surface area contributed by atoms with E-state index < -0.39 is 19.5 Å². The van der Waals surface area contributed by atoms with Crippen LogP contribution in [0.5, 0.6) is 0 Å². The van der Waals surface area contributed by atoms with Crippen LogP contribution < -0.4 is 0 Å². The molecule has 0 aliphatic carbocycles. The SMILES string of the molecule is COP(=O)(CC(=O)c1cc(C(C)(C)C)cc(C(C)(C)C)c1)OF. The van der Waals surface area contributed by atoms with Crippen molar-refractivity contribution in [3.63, 3.8) is 0 Å². The number of ketones is 1. The number of Topliss-reactive ketones (excluding diaryl/α,β-unsaturated/α-hetero) is 1. The second-order valence-electron chi connectivity index (χ2n) is 7.74. The number of halogens is 1. The highest BCUT2D eigenvalue weighted by Gasteiger charge is 2.30. The Morgan fingerprint density at radius 3 is 1.78 bits per heavy atom. The maximum absolute atomic E-state index is 12.4. The largest absolute Gasteiger partial charge is 0.370 e. The van der Waals surface area contributed by atoms with Crippen molar-refractivity contribution in [3.05, 3.63) is 34.9 Å². The van der Waals surface area contributed by atoms with E-state index in [1.54, 1.807) is 12.1 Å². The normalized spacial score (nSPS) is 15.3. The molecule has 0 aliphatic heterocycles. The van der Waals surface area contributed by atoms with Gasteiger partial charge >= 0.3 is 7.60 Å². The molecule has 1 rings (SSSR count). The second-order valence-corrected chi connectivity index (χ2v) is 9.78. The highest BCUT2D eigenvalue weighted by Crippen LogP contribution is 2.48. The lowest BCUT2D eigenvalue weighted by molar-refractivity contribution is -0.0222. The van der Waals surface area contributed by atoms with Crippen molar-refractivity contribution in [3.8, 4) is 0 Å². The molecule has 0 fully saturated rings. The average Bonchev–Trinajstić information content (AvgIpc) is 2.44. The molecule has 0 N–H and O–H groups in total. The number of carbonyl (C=O) groups is 1. The maximum atomic E-state index is 12.4. The third-order valence-corrected chi connectivity index (χ3v) is 5.15. The molecule has 0 saturated carbocycles. The van der Waals surface area contributed by atoms with Gasteiger partial charge in [-0.05, 0) is 38.6 Å². The van der Waals surface area contributed by atoms with Crippen molar-refractivity contribution >= 4 is 13.4 Å². The number of rotatable bonds is 5. The molecule has 23 heavy (non-hydrogen) atoms. The summed E-state index contributed by atoms with van der Waals surface area (Å²) in [6.45, 7) is 12.3. The monoisotopic (exact) mass is 344 g/mol. The summed E-state index contributed by atoms with van der Waals surface area (Å²) >= 11 is 0. The van der Waals surface area contributed by atoms with Gasteiger partial charge in [0, 0.05) is 12.7 Å². The molecular formula is C17H26FO4P. The van der Waals surface area contributed by atoms with Crippen LogP contribution in [0.25, 0.3) is 0 Å². The first-order valence-corrected chi connectivity index (χ1v) is 9.19. The number of hydrogen-bond donors (Lipinski definition) is 0. The van der Waals surface area contributed by atoms with Crippen molar-refractivity contribution in [1.82, 2.24) is 0 Å². The molecule has 0 heterocycles. The van der Waals surface area contributed by atoms with Gasteiger partial charge in [0.05, 0.1) is 0 Å². The summed E-state index contributed by atoms with van der Waals surface area (Å²) in [5.41, 5.74) is 2.05. The van der Waals surface area contributed by atoms with E-state index in [2.05, 4.69) is 15.3 Å². The zero-order chi connectivity index (χ0) is 18.1. The molecule has 0 saturated heterocycles. The van der Waals surface area contributed by atoms with E-state index in [0.29, 0.717) is 5.56 Å². The van der Waals surface area contributed by atoms with Gasteiger partial charge in [-0.3, -0.25) is 9.36 Å². The van der Waals surface area contributed by atoms with Crippen molar-refractivity contribution in [2.24, 2.45) is 0 Å². The zero-order valence-electron chi connectivity index (χ0n) is 14.9. The summed E-state index contributed by atoms with van der Waals surface area (Å²) in [7, 11) is -2.98. The Bertz CT molecular complexity index is 586. The Morgan fingerprint density at radius 2 is 1.48 bits per heavy atom. The summed E-state index contributed by atoms with van der Waals surface area (Å²) < 4.78 is 32.2. The predicted molar refractivity (Wildman–Crippen MR) is 89.8 cm³/mol. The summed E-state index contributed by atoms with van der Waals surface area (Å²) in [5, 5.41) is 0. The molecule has 0 bridgehead atoms. The van der Waals surface area contributed by atoms with Crippen LogP contribution in [-0.4, -0.2) is 19.1 Å². The molecule has 6 heteroatoms. The zero-order valence-corrected chi connectivity index (χ0v) is 15.8. The van der Waals surface area contributed by atoms with Crippen LogP contribution >= 0.6 is 7.60 Å². The third-order valence-electron chi connectivity index (χ3n) is 3.71. The maximum Gasteiger partial charge on any atom is 0.370 e. The van der Waals surface area contributed by atoms with Crippen molar-refractivity contribution in [2.75, 3.05) is 13.3 Å². The Morgan fingerprint density at radius 1 is 1.04 bits per heavy atom. The average molecular weight is 344 g/mol. The van der Waals surface area contributed by atoms with E-state index in [1.807, 2.05) is 41.5 Å². The Labute approximate surface area is 137 Å². The van der Waals surface area contributed by atoms with Crippen LogP contribution in [0.1, 0.15) is 63.0 Å². The van der Waals surface area contributed by atoms with Gasteiger partial charge in [0.2, 0.25) is 0 Å². The molecule has 0 spiro atoms. The molecule has 1 atom stereocenters. The van der Waals surface area contributed by atoms with E-state index in [9.17, 15) is 13.9 Å². The number of hydrogen-bond acceptors (Lipinski definition) is 4. The highest BCUT2D eigenvalue weighted by atomic mass is 31.2. The molecule has 4 nitrogen and oxygen atoms in total. The first kappa shape index (κ1) is 20.0. The van der Waals surface area contributed by atoms with E-state index in [-0.39, 0.29) is 10.8 Å². The van der Waals surface area contributed by atoms with Gasteiger partial charge < -0.3 is 4.52 Å². The van der Waals surface area contributed by atoms with Gasteiger partial charge in [-0.2, -0.15) is 0 Å². The van der Waals surface area contributed by atoms with E-state index in [0.717, 1.165) is 18.2 Å². The van der Waals surface area contributed by atoms with Crippen molar-refractivity contribution < 1.29 is 23.1 Å². The first-order valence-electron chi connectivity index (χ1n) is 7.47. The molecule has 0 aliphatic rings. The van der Waals surface area contributed by atoms with E-state index >= 15 is 0 Å². The van der Waals surface area contributed by atoms with Crippen LogP contribution in [0.2, 0.25) is 0 Å². The lowest BCUT2D eigenvalue weighted by Crippen LogP contribution is -2.19. The minimum absolute atomic E-state index is 0.155. The minimum atomic E-state index is -4.03. The topological polar surface area (TPSA) is 52.6 Å². The predicted octanol–water partition coefficient (Wildman–Crippen LogP) is 5.20. The van der Waals surface area contributed by atoms with Gasteiger partial charge in [-0.25, -0.2) is 0 Å². The number of benzene rings is 1. The summed E-state index contributed by atoms with van der Waals surface area (Å²) in [4.78, 5) is 12.4. The lowest BCUT2D eigenvalue weighted by atomic mass is 9.79. The van der Waals surface area contributed by atoms with Crippen molar-refractivity contribution in [2.45, 2.75) is 52.4 Å². The van der Waals surface area contributed by atoms with E-state index in [1.165, 1.54) is 0 Å². The first-order chi connectivity index (χ1) is 10.3. The van der Waals surface area contributed by atoms with Crippen molar-refractivity contribution in [1.29, 1.82) is 0 Å². The fourth-order valence-corrected chi connectivity index (χ4v) is 2.81. The fraction of sp³-hybridized carbons (Fsp3) is 0.588. The van der Waals surface area contributed by atoms with Gasteiger partial charge in [0.15, 0.2) is 5.78 Å². The molecule has 0 radical (unpaired) electrons. The Hall–Kier alpha value is -1.03. The van der Waals surface area contributed by atoms with Gasteiger partial charge in [-0.1, -0.05) is 47.6 Å². The second kappa shape index (κ2) is 6.84. The minimum Gasteiger partial charge on any atom is -0.310 e. The van der Waals surface area contributed by atoms with Crippen LogP contribution in [0.3, 0.4) is 0 Å². The number of carbonyl (C=O) groups excluding carboxylic acids is 1. The molecule has 1 aromatic carbocycles. The summed E-state index contributed by atoms with van der Waals surface area (Å²) in [6, 6.07) is 5.59. The van der Waals surface area contributed by atoms with Gasteiger partial charge in [-0.15, -0.1) is 4.73 Å². The standard InChI is InChI=1S/C17H26FO4P/c1-16(2,3)13-8-12(9-14(10-13)17(4,5)6)15(19)11-23(20,21-7)22-18/h8-10H,11H2,1-7H3. The van der Waals surface area contributed by atoms with E-state index in [4.69, 9.17) is 0 Å². The molecular weight excluding hydrogens is 318 g/mol. The summed E-state index contributed by atoms with van der Waals surface area (Å²) in [6.07, 6.45) is -0.628. The lowest BCUT2D eigenvalue weighted by Gasteiger charge is -2.26.